The summed E-state index contributed by atoms with van der Waals surface area (Å²) in [5, 5.41) is 8.14. The van der Waals surface area contributed by atoms with Crippen molar-refractivity contribution in [2.45, 2.75) is 38.6 Å². The van der Waals surface area contributed by atoms with Gasteiger partial charge in [-0.3, -0.25) is 5.14 Å². The quantitative estimate of drug-likeness (QED) is 0.403. The zero-order chi connectivity index (χ0) is 23.0. The van der Waals surface area contributed by atoms with Crippen LogP contribution in [0.15, 0.2) is 51.9 Å². The van der Waals surface area contributed by atoms with Crippen LogP contribution in [-0.2, 0) is 28.6 Å². The first-order valence-corrected chi connectivity index (χ1v) is 11.2. The monoisotopic (exact) mass is 453 g/mol. The van der Waals surface area contributed by atoms with Crippen molar-refractivity contribution in [3.63, 3.8) is 0 Å². The maximum Gasteiger partial charge on any atom is 0.251 e. The molecule has 2 N–H and O–H groups in total. The van der Waals surface area contributed by atoms with Crippen molar-refractivity contribution >= 4 is 45.4 Å². The molecule has 0 fully saturated rings. The van der Waals surface area contributed by atoms with E-state index >= 15 is 0 Å². The zero-order valence-electron chi connectivity index (χ0n) is 17.9. The van der Waals surface area contributed by atoms with Crippen LogP contribution in [0.25, 0.3) is 11.1 Å². The first-order valence-electron chi connectivity index (χ1n) is 9.62. The van der Waals surface area contributed by atoms with Gasteiger partial charge in [-0.05, 0) is 43.5 Å². The Bertz CT molecular complexity index is 1030. The number of anilines is 1. The molecule has 2 aromatic carbocycles. The highest BCUT2D eigenvalue weighted by atomic mass is 32.2. The normalized spacial score (nSPS) is 11.5. The number of benzene rings is 2. The molecular weight excluding hydrogens is 428 g/mol. The van der Waals surface area contributed by atoms with Crippen LogP contribution in [0.2, 0.25) is 0 Å². The number of hydrogen-bond donors (Lipinski definition) is 2. The molecule has 3 aromatic rings. The lowest BCUT2D eigenvalue weighted by Crippen LogP contribution is -2.24. The third kappa shape index (κ3) is 5.83. The van der Waals surface area contributed by atoms with Crippen molar-refractivity contribution in [3.05, 3.63) is 64.9 Å². The molecular formula is C21H25B2N3O3S2. The highest BCUT2D eigenvalue weighted by molar-refractivity contribution is 7.87. The standard InChI is InChI=1S/C21H22B2N2O3S.H3NS/c1-4-27-13-17-11-16(12-22)9-10-18(17)19-7-5-6-8-20(19)29(26)25(23)21-14(2)15(3)28-24-21;1-2/h5-11H,4,12-13H2,1-3H3;2H,1H2. The highest BCUT2D eigenvalue weighted by Crippen LogP contribution is 2.33. The van der Waals surface area contributed by atoms with Crippen LogP contribution in [0, 0.1) is 13.8 Å². The van der Waals surface area contributed by atoms with E-state index in [9.17, 15) is 4.21 Å². The van der Waals surface area contributed by atoms with Crippen LogP contribution in [0.3, 0.4) is 0 Å². The van der Waals surface area contributed by atoms with Gasteiger partial charge in [-0.15, -0.1) is 12.8 Å². The molecule has 1 unspecified atom stereocenters. The van der Waals surface area contributed by atoms with Gasteiger partial charge in [0.1, 0.15) is 16.7 Å². The highest BCUT2D eigenvalue weighted by Gasteiger charge is 2.21. The van der Waals surface area contributed by atoms with Crippen LogP contribution in [0.5, 0.6) is 0 Å². The summed E-state index contributed by atoms with van der Waals surface area (Å²) in [6, 6.07) is 13.4. The fraction of sp³-hybridized carbons (Fsp3) is 0.286. The lowest BCUT2D eigenvalue weighted by molar-refractivity contribution is 0.134. The number of thiol groups is 1. The minimum absolute atomic E-state index is 0.351. The van der Waals surface area contributed by atoms with Crippen molar-refractivity contribution in [2.24, 2.45) is 5.14 Å². The van der Waals surface area contributed by atoms with E-state index in [0.29, 0.717) is 36.0 Å². The Labute approximate surface area is 194 Å². The summed E-state index contributed by atoms with van der Waals surface area (Å²) in [4.78, 5) is 0.577. The fourth-order valence-corrected chi connectivity index (χ4v) is 4.11. The largest absolute Gasteiger partial charge is 0.377 e. The Kier molecular flexibility index (Phi) is 9.90. The number of ether oxygens (including phenoxy) is 1. The van der Waals surface area contributed by atoms with Crippen LogP contribution in [0.1, 0.15) is 29.4 Å². The predicted octanol–water partition coefficient (Wildman–Crippen LogP) is 3.57. The molecule has 0 spiro atoms. The molecule has 0 saturated carbocycles. The van der Waals surface area contributed by atoms with Gasteiger partial charge in [0.05, 0.1) is 19.3 Å². The summed E-state index contributed by atoms with van der Waals surface area (Å²) in [5.41, 5.74) is 4.49. The van der Waals surface area contributed by atoms with Crippen molar-refractivity contribution in [2.75, 3.05) is 10.8 Å². The fourth-order valence-electron chi connectivity index (χ4n) is 3.01. The molecule has 0 aliphatic rings. The second kappa shape index (κ2) is 12.1. The van der Waals surface area contributed by atoms with Crippen LogP contribution >= 0.6 is 12.8 Å². The third-order valence-electron chi connectivity index (χ3n) is 4.75. The summed E-state index contributed by atoms with van der Waals surface area (Å²) < 4.78 is 25.3. The SMILES string of the molecule is NS.[B]Cc1ccc(-c2ccccc2S(=O)N([B])c2noc(C)c2C)c(COCC)c1. The molecule has 4 radical (unpaired) electrons. The number of nitrogens with two attached hydrogens (primary N) is 1. The molecule has 31 heavy (non-hydrogen) atoms. The number of rotatable bonds is 8. The van der Waals surface area contributed by atoms with Gasteiger partial charge in [-0.1, -0.05) is 53.4 Å². The molecule has 0 bridgehead atoms. The Hall–Kier alpha value is -2.00. The molecule has 1 atom stereocenters. The summed E-state index contributed by atoms with van der Waals surface area (Å²) >= 11 is 3.03. The number of aryl methyl sites for hydroxylation is 1. The molecule has 1 aromatic heterocycles. The van der Waals surface area contributed by atoms with E-state index in [1.165, 1.54) is 0 Å². The van der Waals surface area contributed by atoms with Gasteiger partial charge in [0.25, 0.3) is 7.98 Å². The average Bonchev–Trinajstić information content (AvgIpc) is 3.15. The average molecular weight is 453 g/mol. The first kappa shape index (κ1) is 25.3. The third-order valence-corrected chi connectivity index (χ3v) is 6.01. The predicted molar refractivity (Wildman–Crippen MR) is 130 cm³/mol. The van der Waals surface area contributed by atoms with Crippen LogP contribution in [0.4, 0.5) is 5.82 Å². The second-order valence-corrected chi connectivity index (χ2v) is 7.92. The molecule has 160 valence electrons. The van der Waals surface area contributed by atoms with Gasteiger partial charge < -0.3 is 13.5 Å². The number of hydrogen-bond acceptors (Lipinski definition) is 6. The summed E-state index contributed by atoms with van der Waals surface area (Å²) in [6.45, 7) is 6.60. The van der Waals surface area contributed by atoms with Crippen molar-refractivity contribution < 1.29 is 13.5 Å². The molecule has 0 saturated heterocycles. The van der Waals surface area contributed by atoms with Crippen molar-refractivity contribution in [3.8, 4) is 11.1 Å². The van der Waals surface area contributed by atoms with Crippen LogP contribution < -0.4 is 9.36 Å². The van der Waals surface area contributed by atoms with E-state index in [1.807, 2.05) is 50.2 Å². The van der Waals surface area contributed by atoms with E-state index in [2.05, 4.69) is 23.1 Å². The van der Waals surface area contributed by atoms with E-state index in [1.54, 1.807) is 13.0 Å². The Morgan fingerprint density at radius 3 is 2.52 bits per heavy atom. The lowest BCUT2D eigenvalue weighted by Gasteiger charge is -2.20. The van der Waals surface area contributed by atoms with Gasteiger partial charge in [0.15, 0.2) is 5.82 Å². The molecule has 0 aliphatic heterocycles. The first-order chi connectivity index (χ1) is 15.0. The maximum atomic E-state index is 13.3. The summed E-state index contributed by atoms with van der Waals surface area (Å²) in [6.07, 6.45) is 0.439. The lowest BCUT2D eigenvalue weighted by atomic mass is 9.92. The van der Waals surface area contributed by atoms with E-state index < -0.39 is 11.0 Å². The van der Waals surface area contributed by atoms with Crippen LogP contribution in [-0.4, -0.2) is 31.8 Å². The van der Waals surface area contributed by atoms with Gasteiger partial charge in [-0.2, -0.15) is 0 Å². The second-order valence-electron chi connectivity index (χ2n) is 6.59. The zero-order valence-corrected chi connectivity index (χ0v) is 19.6. The Morgan fingerprint density at radius 2 is 1.90 bits per heavy atom. The number of nitrogens with zero attached hydrogens (tertiary/aromatic N) is 2. The van der Waals surface area contributed by atoms with E-state index in [0.717, 1.165) is 32.0 Å². The van der Waals surface area contributed by atoms with E-state index in [-0.39, 0.29) is 0 Å². The van der Waals surface area contributed by atoms with Gasteiger partial charge >= 0.3 is 0 Å². The smallest absolute Gasteiger partial charge is 0.251 e. The minimum atomic E-state index is -1.69. The minimum Gasteiger partial charge on any atom is -0.377 e. The Balaban J connectivity index is 0.00000166. The molecule has 0 amide bonds. The summed E-state index contributed by atoms with van der Waals surface area (Å²) in [7, 11) is 10.3. The summed E-state index contributed by atoms with van der Waals surface area (Å²) in [5.74, 6) is 0.987. The van der Waals surface area contributed by atoms with Gasteiger partial charge in [0, 0.05) is 12.2 Å². The van der Waals surface area contributed by atoms with Crippen molar-refractivity contribution in [1.82, 2.24) is 5.16 Å². The van der Waals surface area contributed by atoms with E-state index in [4.69, 9.17) is 25.1 Å². The molecule has 1 heterocycles. The molecule has 10 heteroatoms. The van der Waals surface area contributed by atoms with Gasteiger partial charge in [-0.25, -0.2) is 4.21 Å². The van der Waals surface area contributed by atoms with Crippen molar-refractivity contribution in [1.29, 1.82) is 0 Å². The van der Waals surface area contributed by atoms with Gasteiger partial charge in [0.2, 0.25) is 0 Å². The Morgan fingerprint density at radius 1 is 1.19 bits per heavy atom. The topological polar surface area (TPSA) is 81.6 Å². The molecule has 0 aliphatic carbocycles. The maximum absolute atomic E-state index is 13.3. The molecule has 6 nitrogen and oxygen atoms in total. The molecule has 3 rings (SSSR count). The number of aromatic nitrogens is 1.